The van der Waals surface area contributed by atoms with Gasteiger partial charge in [-0.05, 0) is 45.6 Å². The molecule has 10 amide bonds. The molecule has 23 heteroatoms. The number of nitrogens with two attached hydrogens (primary N) is 1. The van der Waals surface area contributed by atoms with Crippen molar-refractivity contribution in [2.75, 3.05) is 59.4 Å². The van der Waals surface area contributed by atoms with Crippen LogP contribution in [-0.4, -0.2) is 164 Å². The van der Waals surface area contributed by atoms with Gasteiger partial charge in [0.05, 0.1) is 38.8 Å². The number of primary amides is 1. The third-order valence-electron chi connectivity index (χ3n) is 8.23. The molecule has 0 bridgehead atoms. The Morgan fingerprint density at radius 3 is 1.98 bits per heavy atom. The molecule has 0 aromatic heterocycles. The number of carboxylic acids is 1. The highest BCUT2D eigenvalue weighted by molar-refractivity contribution is 5.95. The lowest BCUT2D eigenvalue weighted by Gasteiger charge is -2.27. The summed E-state index contributed by atoms with van der Waals surface area (Å²) in [4.78, 5) is 136. The fourth-order valence-electron chi connectivity index (χ4n) is 5.45. The van der Waals surface area contributed by atoms with Crippen molar-refractivity contribution in [3.8, 4) is 0 Å². The van der Waals surface area contributed by atoms with Gasteiger partial charge in [0, 0.05) is 20.0 Å². The molecule has 0 aliphatic carbocycles. The lowest BCUT2D eigenvalue weighted by Crippen LogP contribution is -2.53. The first kappa shape index (κ1) is 44.3. The van der Waals surface area contributed by atoms with E-state index in [1.54, 1.807) is 0 Å². The van der Waals surface area contributed by atoms with Crippen molar-refractivity contribution in [1.82, 2.24) is 52.3 Å². The van der Waals surface area contributed by atoms with E-state index in [9.17, 15) is 52.7 Å². The molecule has 2 saturated heterocycles. The standard InChI is InChI=1S/C31H49N11O12/c1-17(31(54)41(2)16-26(48)42-10-4-6-20(42)30(53)38-15-27(49)50)39-24(46)13-35-22(44)11-34-23(45)12-36-29(52)19(7-8-21(32)43)40-25(47)14-37-28(51)18-5-3-9-33-18/h17-20,33H,3-16H2,1-2H3,(H2,32,43)(H,34,45)(H,35,44)(H,36,52)(H,37,51)(H,38,53)(H,39,46)(H,40,47)(H,49,50). The van der Waals surface area contributed by atoms with Crippen LogP contribution in [0.25, 0.3) is 0 Å². The van der Waals surface area contributed by atoms with E-state index in [4.69, 9.17) is 10.8 Å². The van der Waals surface area contributed by atoms with Crippen LogP contribution in [0.4, 0.5) is 0 Å². The quantitative estimate of drug-likeness (QED) is 0.0520. The number of carbonyl (C=O) groups is 11. The Morgan fingerprint density at radius 2 is 1.37 bits per heavy atom. The normalized spacial score (nSPS) is 17.2. The Hall–Kier alpha value is -5.87. The van der Waals surface area contributed by atoms with Gasteiger partial charge in [0.2, 0.25) is 59.1 Å². The molecule has 0 aromatic rings. The second kappa shape index (κ2) is 22.3. The van der Waals surface area contributed by atoms with Gasteiger partial charge in [-0.25, -0.2) is 0 Å². The molecule has 23 nitrogen and oxygen atoms in total. The first-order chi connectivity index (χ1) is 25.5. The van der Waals surface area contributed by atoms with Gasteiger partial charge < -0.3 is 63.2 Å². The maximum absolute atomic E-state index is 12.8. The van der Waals surface area contributed by atoms with Gasteiger partial charge in [-0.15, -0.1) is 0 Å². The molecule has 2 rings (SSSR count). The smallest absolute Gasteiger partial charge is 0.322 e. The van der Waals surface area contributed by atoms with Crippen LogP contribution >= 0.6 is 0 Å². The van der Waals surface area contributed by atoms with Crippen LogP contribution in [0.5, 0.6) is 0 Å². The fourth-order valence-corrected chi connectivity index (χ4v) is 5.45. The summed E-state index contributed by atoms with van der Waals surface area (Å²) in [6, 6.07) is -3.68. The number of carbonyl (C=O) groups excluding carboxylic acids is 10. The van der Waals surface area contributed by atoms with Gasteiger partial charge in [0.15, 0.2) is 0 Å². The van der Waals surface area contributed by atoms with Crippen LogP contribution in [-0.2, 0) is 52.7 Å². The summed E-state index contributed by atoms with van der Waals surface area (Å²) in [5, 5.41) is 27.9. The van der Waals surface area contributed by atoms with E-state index in [0.29, 0.717) is 25.8 Å². The molecule has 0 radical (unpaired) electrons. The number of nitrogens with zero attached hydrogens (tertiary/aromatic N) is 2. The van der Waals surface area contributed by atoms with Crippen LogP contribution < -0.4 is 48.3 Å². The number of likely N-dealkylation sites (tertiary alicyclic amines) is 1. The molecule has 2 heterocycles. The molecule has 0 saturated carbocycles. The molecule has 300 valence electrons. The van der Waals surface area contributed by atoms with Crippen molar-refractivity contribution in [3.05, 3.63) is 0 Å². The van der Waals surface area contributed by atoms with Gasteiger partial charge in [0.25, 0.3) is 0 Å². The van der Waals surface area contributed by atoms with Crippen molar-refractivity contribution in [2.45, 2.75) is 69.6 Å². The molecule has 2 fully saturated rings. The van der Waals surface area contributed by atoms with Gasteiger partial charge in [-0.3, -0.25) is 52.7 Å². The number of hydrogen-bond acceptors (Lipinski definition) is 12. The molecule has 11 N–H and O–H groups in total. The van der Waals surface area contributed by atoms with E-state index in [2.05, 4.69) is 42.5 Å². The van der Waals surface area contributed by atoms with Crippen LogP contribution in [0.15, 0.2) is 0 Å². The maximum Gasteiger partial charge on any atom is 0.322 e. The molecule has 0 spiro atoms. The van der Waals surface area contributed by atoms with Gasteiger partial charge >= 0.3 is 5.97 Å². The highest BCUT2D eigenvalue weighted by atomic mass is 16.4. The SMILES string of the molecule is CC(NC(=O)CNC(=O)CNC(=O)CNC(=O)C(CCC(N)=O)NC(=O)CNC(=O)C1CCCN1)C(=O)N(C)CC(=O)N1CCCC1C(=O)NCC(=O)O. The molecule has 2 aliphatic rings. The van der Waals surface area contributed by atoms with Crippen molar-refractivity contribution in [2.24, 2.45) is 5.73 Å². The van der Waals surface area contributed by atoms with Crippen LogP contribution in [0.3, 0.4) is 0 Å². The van der Waals surface area contributed by atoms with Crippen LogP contribution in [0.2, 0.25) is 0 Å². The minimum atomic E-state index is -1.27. The average Bonchev–Trinajstić information content (AvgIpc) is 3.85. The Morgan fingerprint density at radius 1 is 0.778 bits per heavy atom. The highest BCUT2D eigenvalue weighted by Gasteiger charge is 2.35. The van der Waals surface area contributed by atoms with E-state index in [-0.39, 0.29) is 25.3 Å². The third-order valence-corrected chi connectivity index (χ3v) is 8.23. The van der Waals surface area contributed by atoms with E-state index < -0.39 is 123 Å². The van der Waals surface area contributed by atoms with E-state index >= 15 is 0 Å². The fraction of sp³-hybridized carbons (Fsp3) is 0.645. The number of amides is 10. The molecular formula is C31H49N11O12. The lowest BCUT2D eigenvalue weighted by molar-refractivity contribution is -0.144. The van der Waals surface area contributed by atoms with Crippen molar-refractivity contribution >= 4 is 65.0 Å². The van der Waals surface area contributed by atoms with E-state index in [0.717, 1.165) is 11.3 Å². The Balaban J connectivity index is 1.71. The second-order valence-corrected chi connectivity index (χ2v) is 12.6. The summed E-state index contributed by atoms with van der Waals surface area (Å²) in [5.74, 6) is -8.08. The van der Waals surface area contributed by atoms with Gasteiger partial charge in [0.1, 0.15) is 24.7 Å². The minimum Gasteiger partial charge on any atom is -0.480 e. The lowest BCUT2D eigenvalue weighted by atomic mass is 10.1. The Labute approximate surface area is 310 Å². The summed E-state index contributed by atoms with van der Waals surface area (Å²) in [6.45, 7) is -0.964. The first-order valence-corrected chi connectivity index (χ1v) is 17.2. The summed E-state index contributed by atoms with van der Waals surface area (Å²) in [5.41, 5.74) is 5.16. The Bertz CT molecular complexity index is 1450. The zero-order valence-corrected chi connectivity index (χ0v) is 30.1. The van der Waals surface area contributed by atoms with E-state index in [1.807, 2.05) is 0 Å². The van der Waals surface area contributed by atoms with E-state index in [1.165, 1.54) is 18.9 Å². The van der Waals surface area contributed by atoms with Crippen molar-refractivity contribution in [3.63, 3.8) is 0 Å². The third kappa shape index (κ3) is 15.8. The molecule has 4 unspecified atom stereocenters. The number of carboxylic acid groups (broad SMARTS) is 1. The van der Waals surface area contributed by atoms with Crippen molar-refractivity contribution in [1.29, 1.82) is 0 Å². The number of nitrogens with one attached hydrogen (secondary N) is 8. The van der Waals surface area contributed by atoms with Gasteiger partial charge in [-0.2, -0.15) is 0 Å². The number of likely N-dealkylation sites (N-methyl/N-ethyl adjacent to an activating group) is 1. The maximum atomic E-state index is 12.8. The predicted molar refractivity (Wildman–Crippen MR) is 184 cm³/mol. The molecule has 2 aliphatic heterocycles. The second-order valence-electron chi connectivity index (χ2n) is 12.6. The summed E-state index contributed by atoms with van der Waals surface area (Å²) >= 11 is 0. The van der Waals surface area contributed by atoms with Crippen LogP contribution in [0.1, 0.15) is 45.4 Å². The van der Waals surface area contributed by atoms with Gasteiger partial charge in [-0.1, -0.05) is 0 Å². The topological polar surface area (TPSA) is 337 Å². The summed E-state index contributed by atoms with van der Waals surface area (Å²) in [6.07, 6.45) is 1.82. The monoisotopic (exact) mass is 767 g/mol. The molecule has 0 aromatic carbocycles. The summed E-state index contributed by atoms with van der Waals surface area (Å²) < 4.78 is 0. The molecule has 4 atom stereocenters. The molecule has 54 heavy (non-hydrogen) atoms. The van der Waals surface area contributed by atoms with Crippen molar-refractivity contribution < 1.29 is 57.8 Å². The number of aliphatic carboxylic acids is 1. The molecular weight excluding hydrogens is 718 g/mol. The number of hydrogen-bond donors (Lipinski definition) is 10. The largest absolute Gasteiger partial charge is 0.480 e. The highest BCUT2D eigenvalue weighted by Crippen LogP contribution is 2.18. The average molecular weight is 768 g/mol. The zero-order valence-electron chi connectivity index (χ0n) is 30.1. The Kier molecular flexibility index (Phi) is 18.3. The zero-order chi connectivity index (χ0) is 40.4. The predicted octanol–water partition coefficient (Wildman–Crippen LogP) is -6.89. The minimum absolute atomic E-state index is 0.188. The summed E-state index contributed by atoms with van der Waals surface area (Å²) in [7, 11) is 1.32. The number of rotatable bonds is 21. The van der Waals surface area contributed by atoms with Crippen LogP contribution in [0, 0.1) is 0 Å². The first-order valence-electron chi connectivity index (χ1n) is 17.2.